The van der Waals surface area contributed by atoms with E-state index in [0.29, 0.717) is 10.6 Å². The molecule has 21 heavy (non-hydrogen) atoms. The van der Waals surface area contributed by atoms with Crippen molar-refractivity contribution < 1.29 is 9.21 Å². The Morgan fingerprint density at radius 3 is 2.76 bits per heavy atom. The van der Waals surface area contributed by atoms with Gasteiger partial charge < -0.3 is 14.6 Å². The van der Waals surface area contributed by atoms with Crippen molar-refractivity contribution in [2.75, 3.05) is 19.4 Å². The van der Waals surface area contributed by atoms with Crippen LogP contribution in [0.25, 0.3) is 0 Å². The molecule has 2 rings (SSSR count). The van der Waals surface area contributed by atoms with Crippen LogP contribution in [-0.2, 0) is 6.42 Å². The largest absolute Gasteiger partial charge is 0.469 e. The molecule has 4 nitrogen and oxygen atoms in total. The monoisotopic (exact) mass is 306 g/mol. The first kappa shape index (κ1) is 15.4. The van der Waals surface area contributed by atoms with Gasteiger partial charge in [0.2, 0.25) is 0 Å². The first-order chi connectivity index (χ1) is 9.97. The molecule has 0 spiro atoms. The number of benzene rings is 1. The van der Waals surface area contributed by atoms with Crippen LogP contribution in [0.3, 0.4) is 0 Å². The van der Waals surface area contributed by atoms with Gasteiger partial charge in [0.1, 0.15) is 5.76 Å². The quantitative estimate of drug-likeness (QED) is 0.916. The molecule has 5 heteroatoms. The van der Waals surface area contributed by atoms with Gasteiger partial charge in [0, 0.05) is 32.1 Å². The van der Waals surface area contributed by atoms with Crippen molar-refractivity contribution >= 4 is 23.2 Å². The van der Waals surface area contributed by atoms with E-state index in [-0.39, 0.29) is 11.9 Å². The third-order valence-electron chi connectivity index (χ3n) is 3.11. The number of hydrogen-bond acceptors (Lipinski definition) is 3. The first-order valence-electron chi connectivity index (χ1n) is 6.77. The number of carbonyl (C=O) groups is 1. The number of amides is 1. The lowest BCUT2D eigenvalue weighted by atomic mass is 10.1. The molecule has 1 atom stereocenters. The lowest BCUT2D eigenvalue weighted by molar-refractivity contribution is 0.0827. The second-order valence-corrected chi connectivity index (χ2v) is 5.63. The molecule has 1 unspecified atom stereocenters. The van der Waals surface area contributed by atoms with E-state index < -0.39 is 0 Å². The summed E-state index contributed by atoms with van der Waals surface area (Å²) < 4.78 is 5.33. The van der Waals surface area contributed by atoms with Gasteiger partial charge in [0.15, 0.2) is 0 Å². The number of nitrogens with zero attached hydrogens (tertiary/aromatic N) is 1. The molecule has 0 saturated carbocycles. The van der Waals surface area contributed by atoms with Crippen LogP contribution in [0, 0.1) is 0 Å². The highest BCUT2D eigenvalue weighted by atomic mass is 35.5. The zero-order chi connectivity index (χ0) is 15.4. The van der Waals surface area contributed by atoms with E-state index in [1.165, 1.54) is 0 Å². The summed E-state index contributed by atoms with van der Waals surface area (Å²) in [5.41, 5.74) is 1.36. The number of furan rings is 1. The number of nitrogens with one attached hydrogen (secondary N) is 1. The predicted octanol–water partition coefficient (Wildman–Crippen LogP) is 3.68. The Balaban J connectivity index is 2.11. The normalized spacial score (nSPS) is 12.0. The summed E-state index contributed by atoms with van der Waals surface area (Å²) in [4.78, 5) is 13.5. The van der Waals surface area contributed by atoms with E-state index in [1.54, 1.807) is 43.5 Å². The minimum Gasteiger partial charge on any atom is -0.469 e. The summed E-state index contributed by atoms with van der Waals surface area (Å²) in [7, 11) is 3.45. The lowest BCUT2D eigenvalue weighted by Crippen LogP contribution is -2.22. The van der Waals surface area contributed by atoms with Crippen LogP contribution in [0.15, 0.2) is 41.0 Å². The Bertz CT molecular complexity index is 609. The Hall–Kier alpha value is -1.94. The molecular weight excluding hydrogens is 288 g/mol. The van der Waals surface area contributed by atoms with Gasteiger partial charge in [-0.2, -0.15) is 0 Å². The van der Waals surface area contributed by atoms with E-state index in [0.717, 1.165) is 17.9 Å². The van der Waals surface area contributed by atoms with E-state index in [1.807, 2.05) is 19.1 Å². The Morgan fingerprint density at radius 2 is 2.14 bits per heavy atom. The molecule has 1 aromatic heterocycles. The highest BCUT2D eigenvalue weighted by molar-refractivity contribution is 6.33. The van der Waals surface area contributed by atoms with Gasteiger partial charge in [-0.25, -0.2) is 0 Å². The topological polar surface area (TPSA) is 45.5 Å². The van der Waals surface area contributed by atoms with Crippen molar-refractivity contribution in [1.29, 1.82) is 0 Å². The number of rotatable bonds is 5. The molecule has 0 bridgehead atoms. The number of carbonyl (C=O) groups excluding carboxylic acids is 1. The Kier molecular flexibility index (Phi) is 4.91. The van der Waals surface area contributed by atoms with Gasteiger partial charge in [-0.1, -0.05) is 11.6 Å². The van der Waals surface area contributed by atoms with Crippen molar-refractivity contribution in [2.45, 2.75) is 19.4 Å². The molecule has 1 N–H and O–H groups in total. The zero-order valence-electron chi connectivity index (χ0n) is 12.4. The van der Waals surface area contributed by atoms with E-state index in [4.69, 9.17) is 16.0 Å². The summed E-state index contributed by atoms with van der Waals surface area (Å²) in [6.45, 7) is 2.04. The molecule has 1 aromatic carbocycles. The van der Waals surface area contributed by atoms with Gasteiger partial charge >= 0.3 is 0 Å². The van der Waals surface area contributed by atoms with Gasteiger partial charge in [-0.05, 0) is 37.3 Å². The maximum Gasteiger partial charge on any atom is 0.253 e. The molecule has 1 heterocycles. The second-order valence-electron chi connectivity index (χ2n) is 5.22. The maximum atomic E-state index is 12.0. The Labute approximate surface area is 129 Å². The van der Waals surface area contributed by atoms with Crippen molar-refractivity contribution in [1.82, 2.24) is 4.90 Å². The van der Waals surface area contributed by atoms with Crippen LogP contribution >= 0.6 is 11.6 Å². The molecule has 0 radical (unpaired) electrons. The second kappa shape index (κ2) is 6.68. The molecule has 0 aliphatic heterocycles. The molecule has 0 saturated heterocycles. The molecule has 0 aliphatic rings. The molecule has 0 aliphatic carbocycles. The van der Waals surface area contributed by atoms with Crippen LogP contribution in [0.1, 0.15) is 23.0 Å². The average molecular weight is 307 g/mol. The number of anilines is 1. The van der Waals surface area contributed by atoms with Crippen LogP contribution in [0.2, 0.25) is 5.02 Å². The fourth-order valence-corrected chi connectivity index (χ4v) is 2.25. The highest BCUT2D eigenvalue weighted by Crippen LogP contribution is 2.25. The van der Waals surface area contributed by atoms with Crippen molar-refractivity contribution in [3.8, 4) is 0 Å². The first-order valence-corrected chi connectivity index (χ1v) is 7.15. The van der Waals surface area contributed by atoms with Crippen molar-refractivity contribution in [3.05, 3.63) is 52.9 Å². The molecule has 2 aromatic rings. The zero-order valence-corrected chi connectivity index (χ0v) is 13.1. The minimum absolute atomic E-state index is 0.0478. The van der Waals surface area contributed by atoms with E-state index in [2.05, 4.69) is 5.32 Å². The lowest BCUT2D eigenvalue weighted by Gasteiger charge is -2.17. The number of hydrogen-bond donors (Lipinski definition) is 1. The summed E-state index contributed by atoms with van der Waals surface area (Å²) in [6.07, 6.45) is 2.40. The molecule has 0 fully saturated rings. The van der Waals surface area contributed by atoms with Crippen LogP contribution in [0.4, 0.5) is 5.69 Å². The molecular formula is C16H19ClN2O2. The third kappa shape index (κ3) is 4.02. The smallest absolute Gasteiger partial charge is 0.253 e. The Morgan fingerprint density at radius 1 is 1.38 bits per heavy atom. The standard InChI is InChI=1S/C16H19ClN2O2/c1-11(9-13-5-4-8-21-13)18-15-10-12(6-7-14(15)17)16(20)19(2)3/h4-8,10-11,18H,9H2,1-3H3. The van der Waals surface area contributed by atoms with Crippen molar-refractivity contribution in [3.63, 3.8) is 0 Å². The van der Waals surface area contributed by atoms with Gasteiger partial charge in [0.05, 0.1) is 17.0 Å². The van der Waals surface area contributed by atoms with Gasteiger partial charge in [0.25, 0.3) is 5.91 Å². The summed E-state index contributed by atoms with van der Waals surface area (Å²) in [5.74, 6) is 0.861. The summed E-state index contributed by atoms with van der Waals surface area (Å²) >= 11 is 6.20. The maximum absolute atomic E-state index is 12.0. The SMILES string of the molecule is CC(Cc1ccco1)Nc1cc(C(=O)N(C)C)ccc1Cl. The summed E-state index contributed by atoms with van der Waals surface area (Å²) in [6, 6.07) is 9.19. The van der Waals surface area contributed by atoms with Gasteiger partial charge in [-0.3, -0.25) is 4.79 Å². The number of halogens is 1. The van der Waals surface area contributed by atoms with Crippen molar-refractivity contribution in [2.24, 2.45) is 0 Å². The van der Waals surface area contributed by atoms with E-state index >= 15 is 0 Å². The van der Waals surface area contributed by atoms with Crippen LogP contribution in [0.5, 0.6) is 0 Å². The average Bonchev–Trinajstić information content (AvgIpc) is 2.93. The predicted molar refractivity (Wildman–Crippen MR) is 85.0 cm³/mol. The fourth-order valence-electron chi connectivity index (χ4n) is 2.07. The third-order valence-corrected chi connectivity index (χ3v) is 3.44. The summed E-state index contributed by atoms with van der Waals surface area (Å²) in [5, 5.41) is 3.91. The molecule has 112 valence electrons. The van der Waals surface area contributed by atoms with Crippen LogP contribution < -0.4 is 5.32 Å². The van der Waals surface area contributed by atoms with Gasteiger partial charge in [-0.15, -0.1) is 0 Å². The van der Waals surface area contributed by atoms with Crippen LogP contribution in [-0.4, -0.2) is 30.9 Å². The molecule has 1 amide bonds. The minimum atomic E-state index is -0.0478. The highest BCUT2D eigenvalue weighted by Gasteiger charge is 2.13. The fraction of sp³-hybridized carbons (Fsp3) is 0.312. The van der Waals surface area contributed by atoms with E-state index in [9.17, 15) is 4.79 Å².